The summed E-state index contributed by atoms with van der Waals surface area (Å²) in [5.74, 6) is -0.614. The normalized spacial score (nSPS) is 14.5. The second kappa shape index (κ2) is 8.51. The number of hydrogen-bond acceptors (Lipinski definition) is 5. The first-order valence-corrected chi connectivity index (χ1v) is 9.10. The van der Waals surface area contributed by atoms with Gasteiger partial charge in [0.15, 0.2) is 0 Å². The molecule has 0 radical (unpaired) electrons. The van der Waals surface area contributed by atoms with Gasteiger partial charge in [-0.3, -0.25) is 19.7 Å². The van der Waals surface area contributed by atoms with Crippen LogP contribution in [0.5, 0.6) is 0 Å². The minimum atomic E-state index is -0.401. The van der Waals surface area contributed by atoms with E-state index in [1.807, 2.05) is 4.90 Å². The molecule has 146 valence electrons. The van der Waals surface area contributed by atoms with Crippen LogP contribution < -0.4 is 16.0 Å². The zero-order valence-electron chi connectivity index (χ0n) is 15.3. The summed E-state index contributed by atoms with van der Waals surface area (Å²) in [4.78, 5) is 36.3. The predicted octanol–water partition coefficient (Wildman–Crippen LogP) is 2.48. The molecule has 1 fully saturated rings. The highest BCUT2D eigenvalue weighted by atomic mass is 16.6. The highest BCUT2D eigenvalue weighted by Crippen LogP contribution is 2.31. The summed E-state index contributed by atoms with van der Waals surface area (Å²) in [6.45, 7) is 1.17. The molecule has 0 saturated carbocycles. The number of nitro benzene ring substituents is 1. The van der Waals surface area contributed by atoms with Crippen molar-refractivity contribution in [2.45, 2.75) is 19.3 Å². The highest BCUT2D eigenvalue weighted by molar-refractivity contribution is 5.92. The first-order chi connectivity index (χ1) is 13.4. The van der Waals surface area contributed by atoms with Crippen molar-refractivity contribution in [1.82, 2.24) is 0 Å². The minimum Gasteiger partial charge on any atom is -0.369 e. The van der Waals surface area contributed by atoms with E-state index in [-0.39, 0.29) is 28.9 Å². The molecule has 1 heterocycles. The molecule has 1 aliphatic rings. The van der Waals surface area contributed by atoms with Gasteiger partial charge in [0.25, 0.3) is 5.69 Å². The fourth-order valence-corrected chi connectivity index (χ4v) is 3.42. The number of rotatable bonds is 6. The van der Waals surface area contributed by atoms with Crippen LogP contribution in [0.1, 0.15) is 18.4 Å². The lowest BCUT2D eigenvalue weighted by Gasteiger charge is -2.32. The molecule has 2 amide bonds. The first kappa shape index (κ1) is 19.3. The van der Waals surface area contributed by atoms with Gasteiger partial charge in [0.05, 0.1) is 11.3 Å². The molecule has 8 heteroatoms. The van der Waals surface area contributed by atoms with E-state index in [0.29, 0.717) is 37.3 Å². The summed E-state index contributed by atoms with van der Waals surface area (Å²) < 4.78 is 0. The third-order valence-corrected chi connectivity index (χ3v) is 4.88. The molecule has 8 nitrogen and oxygen atoms in total. The van der Waals surface area contributed by atoms with Crippen molar-refractivity contribution in [3.63, 3.8) is 0 Å². The number of piperidine rings is 1. The van der Waals surface area contributed by atoms with E-state index >= 15 is 0 Å². The maximum Gasteiger partial charge on any atom is 0.292 e. The maximum absolute atomic E-state index is 12.5. The van der Waals surface area contributed by atoms with Gasteiger partial charge in [-0.15, -0.1) is 0 Å². The lowest BCUT2D eigenvalue weighted by molar-refractivity contribution is -0.384. The van der Waals surface area contributed by atoms with Crippen LogP contribution in [-0.4, -0.2) is 29.8 Å². The first-order valence-electron chi connectivity index (χ1n) is 9.10. The maximum atomic E-state index is 12.5. The number of nitrogens with one attached hydrogen (secondary N) is 1. The number of carbonyl (C=O) groups excluding carboxylic acids is 2. The van der Waals surface area contributed by atoms with Gasteiger partial charge in [-0.25, -0.2) is 0 Å². The smallest absolute Gasteiger partial charge is 0.292 e. The summed E-state index contributed by atoms with van der Waals surface area (Å²) in [5.41, 5.74) is 7.31. The number of carbonyl (C=O) groups is 2. The average Bonchev–Trinajstić information content (AvgIpc) is 2.69. The molecular formula is C20H22N4O4. The van der Waals surface area contributed by atoms with Crippen LogP contribution >= 0.6 is 0 Å². The number of amides is 2. The lowest BCUT2D eigenvalue weighted by atomic mass is 9.95. The third kappa shape index (κ3) is 4.64. The van der Waals surface area contributed by atoms with E-state index in [1.165, 1.54) is 6.07 Å². The molecule has 28 heavy (non-hydrogen) atoms. The van der Waals surface area contributed by atoms with Crippen molar-refractivity contribution in [2.24, 2.45) is 11.7 Å². The van der Waals surface area contributed by atoms with E-state index in [4.69, 9.17) is 5.73 Å². The molecule has 0 spiro atoms. The second-order valence-electron chi connectivity index (χ2n) is 6.84. The Labute approximate surface area is 162 Å². The molecule has 0 atom stereocenters. The van der Waals surface area contributed by atoms with Gasteiger partial charge in [-0.1, -0.05) is 24.3 Å². The monoisotopic (exact) mass is 382 g/mol. The summed E-state index contributed by atoms with van der Waals surface area (Å²) in [5, 5.41) is 14.1. The van der Waals surface area contributed by atoms with E-state index < -0.39 is 5.91 Å². The van der Waals surface area contributed by atoms with Crippen molar-refractivity contribution in [3.05, 3.63) is 64.2 Å². The molecule has 0 bridgehead atoms. The Bertz CT molecular complexity index is 874. The molecule has 1 saturated heterocycles. The number of nitro groups is 1. The van der Waals surface area contributed by atoms with Crippen LogP contribution in [0.3, 0.4) is 0 Å². The Hall–Kier alpha value is -3.42. The van der Waals surface area contributed by atoms with Crippen molar-refractivity contribution in [1.29, 1.82) is 0 Å². The lowest BCUT2D eigenvalue weighted by Crippen LogP contribution is -2.38. The number of anilines is 2. The number of hydrogen-bond donors (Lipinski definition) is 2. The summed E-state index contributed by atoms with van der Waals surface area (Å²) in [7, 11) is 0. The number of nitrogens with zero attached hydrogens (tertiary/aromatic N) is 2. The fraction of sp³-hybridized carbons (Fsp3) is 0.300. The topological polar surface area (TPSA) is 119 Å². The van der Waals surface area contributed by atoms with Gasteiger partial charge in [0.2, 0.25) is 11.8 Å². The SMILES string of the molecule is NC(=O)Cc1ccc(NC(=O)C2CCN(c3ccccc3[N+](=O)[O-])CC2)cc1. The van der Waals surface area contributed by atoms with E-state index in [0.717, 1.165) is 5.56 Å². The van der Waals surface area contributed by atoms with Crippen LogP contribution in [0.25, 0.3) is 0 Å². The number of para-hydroxylation sites is 2. The van der Waals surface area contributed by atoms with Gasteiger partial charge < -0.3 is 16.0 Å². The molecule has 0 unspecified atom stereocenters. The number of nitrogens with two attached hydrogens (primary N) is 1. The Morgan fingerprint density at radius 3 is 2.36 bits per heavy atom. The Balaban J connectivity index is 1.57. The van der Waals surface area contributed by atoms with E-state index in [9.17, 15) is 19.7 Å². The molecule has 0 aliphatic carbocycles. The van der Waals surface area contributed by atoms with Crippen LogP contribution in [-0.2, 0) is 16.0 Å². The van der Waals surface area contributed by atoms with E-state index in [2.05, 4.69) is 5.32 Å². The van der Waals surface area contributed by atoms with Gasteiger partial charge in [-0.2, -0.15) is 0 Å². The van der Waals surface area contributed by atoms with Gasteiger partial charge >= 0.3 is 0 Å². The van der Waals surface area contributed by atoms with Gasteiger partial charge in [0.1, 0.15) is 5.69 Å². The molecule has 3 rings (SSSR count). The van der Waals surface area contributed by atoms with Crippen molar-refractivity contribution < 1.29 is 14.5 Å². The highest BCUT2D eigenvalue weighted by Gasteiger charge is 2.28. The molecule has 0 aromatic heterocycles. The van der Waals surface area contributed by atoms with Crippen molar-refractivity contribution in [3.8, 4) is 0 Å². The molecular weight excluding hydrogens is 360 g/mol. The molecule has 2 aromatic carbocycles. The summed E-state index contributed by atoms with van der Waals surface area (Å²) in [6.07, 6.45) is 1.41. The Morgan fingerprint density at radius 1 is 1.11 bits per heavy atom. The van der Waals surface area contributed by atoms with Crippen molar-refractivity contribution in [2.75, 3.05) is 23.3 Å². The Morgan fingerprint density at radius 2 is 1.75 bits per heavy atom. The average molecular weight is 382 g/mol. The second-order valence-corrected chi connectivity index (χ2v) is 6.84. The van der Waals surface area contributed by atoms with Crippen molar-refractivity contribution >= 4 is 28.9 Å². The number of primary amides is 1. The van der Waals surface area contributed by atoms with Crippen LogP contribution in [0.15, 0.2) is 48.5 Å². The minimum absolute atomic E-state index is 0.0649. The van der Waals surface area contributed by atoms with Crippen LogP contribution in [0.2, 0.25) is 0 Å². The molecule has 2 aromatic rings. The third-order valence-electron chi connectivity index (χ3n) is 4.88. The Kier molecular flexibility index (Phi) is 5.88. The largest absolute Gasteiger partial charge is 0.369 e. The molecule has 1 aliphatic heterocycles. The molecule has 3 N–H and O–H groups in total. The standard InChI is InChI=1S/C20H22N4O4/c21-19(25)13-14-5-7-16(8-6-14)22-20(26)15-9-11-23(12-10-15)17-3-1-2-4-18(17)24(27)28/h1-8,15H,9-13H2,(H2,21,25)(H,22,26). The van der Waals surface area contributed by atoms with Gasteiger partial charge in [0, 0.05) is 30.8 Å². The zero-order valence-corrected chi connectivity index (χ0v) is 15.3. The fourth-order valence-electron chi connectivity index (χ4n) is 3.42. The summed E-state index contributed by atoms with van der Waals surface area (Å²) >= 11 is 0. The summed E-state index contributed by atoms with van der Waals surface area (Å²) in [6, 6.07) is 13.7. The van der Waals surface area contributed by atoms with Crippen LogP contribution in [0, 0.1) is 16.0 Å². The number of benzene rings is 2. The van der Waals surface area contributed by atoms with Crippen LogP contribution in [0.4, 0.5) is 17.1 Å². The van der Waals surface area contributed by atoms with E-state index in [1.54, 1.807) is 42.5 Å². The predicted molar refractivity (Wildman–Crippen MR) is 106 cm³/mol. The zero-order chi connectivity index (χ0) is 20.1. The quantitative estimate of drug-likeness (QED) is 0.588. The van der Waals surface area contributed by atoms with Gasteiger partial charge in [-0.05, 0) is 36.6 Å².